The highest BCUT2D eigenvalue weighted by atomic mass is 16.5. The van der Waals surface area contributed by atoms with Gasteiger partial charge in [-0.15, -0.1) is 0 Å². The Kier molecular flexibility index (Phi) is 5.61. The molecular weight excluding hydrogens is 388 g/mol. The summed E-state index contributed by atoms with van der Waals surface area (Å²) in [4.78, 5) is 17.8. The molecular formula is C26H32N2O3. The van der Waals surface area contributed by atoms with Crippen molar-refractivity contribution in [2.45, 2.75) is 37.8 Å². The van der Waals surface area contributed by atoms with Crippen molar-refractivity contribution in [3.63, 3.8) is 0 Å². The second-order valence-electron chi connectivity index (χ2n) is 9.21. The third-order valence-corrected chi connectivity index (χ3v) is 7.35. The van der Waals surface area contributed by atoms with Gasteiger partial charge in [-0.2, -0.15) is 0 Å². The van der Waals surface area contributed by atoms with Crippen LogP contribution in [0.5, 0.6) is 11.5 Å². The number of para-hydroxylation sites is 1. The van der Waals surface area contributed by atoms with E-state index in [2.05, 4.69) is 34.1 Å². The van der Waals surface area contributed by atoms with Gasteiger partial charge in [-0.1, -0.05) is 30.3 Å². The minimum Gasteiger partial charge on any atom is -0.497 e. The van der Waals surface area contributed by atoms with Crippen LogP contribution in [-0.2, 0) is 11.3 Å². The molecule has 5 rings (SSSR count). The van der Waals surface area contributed by atoms with Crippen LogP contribution in [0.2, 0.25) is 0 Å². The molecule has 31 heavy (non-hydrogen) atoms. The highest BCUT2D eigenvalue weighted by Gasteiger charge is 2.49. The first-order valence-corrected chi connectivity index (χ1v) is 11.5. The van der Waals surface area contributed by atoms with E-state index in [1.54, 1.807) is 14.2 Å². The Morgan fingerprint density at radius 2 is 1.74 bits per heavy atom. The summed E-state index contributed by atoms with van der Waals surface area (Å²) in [6.45, 7) is 3.76. The molecule has 1 saturated carbocycles. The average Bonchev–Trinajstić information content (AvgIpc) is 3.60. The molecule has 1 aliphatic carbocycles. The van der Waals surface area contributed by atoms with E-state index in [4.69, 9.17) is 9.47 Å². The molecule has 2 heterocycles. The Hall–Kier alpha value is -2.53. The Bertz CT molecular complexity index is 925. The van der Waals surface area contributed by atoms with Crippen molar-refractivity contribution in [1.29, 1.82) is 0 Å². The molecule has 0 spiro atoms. The van der Waals surface area contributed by atoms with Gasteiger partial charge in [0.2, 0.25) is 5.91 Å². The number of carbonyl (C=O) groups is 1. The maximum Gasteiger partial charge on any atom is 0.225 e. The number of fused-ring (bicyclic) bond motifs is 1. The lowest BCUT2D eigenvalue weighted by molar-refractivity contribution is -0.134. The van der Waals surface area contributed by atoms with Gasteiger partial charge in [0.1, 0.15) is 11.5 Å². The van der Waals surface area contributed by atoms with E-state index in [1.807, 2.05) is 24.3 Å². The van der Waals surface area contributed by atoms with Crippen molar-refractivity contribution in [3.05, 3.63) is 59.7 Å². The van der Waals surface area contributed by atoms with Crippen LogP contribution < -0.4 is 9.47 Å². The Balaban J connectivity index is 1.38. The van der Waals surface area contributed by atoms with E-state index in [-0.39, 0.29) is 5.92 Å². The number of rotatable bonds is 6. The summed E-state index contributed by atoms with van der Waals surface area (Å²) in [6, 6.07) is 17.1. The van der Waals surface area contributed by atoms with Crippen molar-refractivity contribution in [2.75, 3.05) is 33.9 Å². The zero-order chi connectivity index (χ0) is 21.4. The van der Waals surface area contributed by atoms with E-state index in [9.17, 15) is 4.79 Å². The summed E-state index contributed by atoms with van der Waals surface area (Å²) in [5.74, 6) is 3.34. The lowest BCUT2D eigenvalue weighted by Gasteiger charge is -2.39. The molecule has 1 amide bonds. The van der Waals surface area contributed by atoms with E-state index < -0.39 is 0 Å². The number of ether oxygens (including phenoxy) is 2. The Morgan fingerprint density at radius 3 is 2.45 bits per heavy atom. The van der Waals surface area contributed by atoms with E-state index >= 15 is 0 Å². The van der Waals surface area contributed by atoms with Gasteiger partial charge in [0.05, 0.1) is 14.2 Å². The van der Waals surface area contributed by atoms with Crippen molar-refractivity contribution in [1.82, 2.24) is 9.80 Å². The van der Waals surface area contributed by atoms with Crippen LogP contribution in [0.3, 0.4) is 0 Å². The molecule has 2 aromatic rings. The molecule has 3 aliphatic rings. The van der Waals surface area contributed by atoms with Gasteiger partial charge in [-0.25, -0.2) is 0 Å². The quantitative estimate of drug-likeness (QED) is 0.710. The lowest BCUT2D eigenvalue weighted by Crippen LogP contribution is -2.48. The van der Waals surface area contributed by atoms with E-state index in [0.29, 0.717) is 23.8 Å². The highest BCUT2D eigenvalue weighted by molar-refractivity contribution is 5.82. The Labute approximate surface area is 184 Å². The number of amides is 1. The summed E-state index contributed by atoms with van der Waals surface area (Å²) in [6.07, 6.45) is 3.19. The number of piperidine rings is 1. The molecule has 2 aromatic carbocycles. The topological polar surface area (TPSA) is 42.0 Å². The van der Waals surface area contributed by atoms with Gasteiger partial charge in [-0.3, -0.25) is 9.69 Å². The Morgan fingerprint density at radius 1 is 0.968 bits per heavy atom. The summed E-state index contributed by atoms with van der Waals surface area (Å²) in [5.41, 5.74) is 2.55. The predicted molar refractivity (Wildman–Crippen MR) is 120 cm³/mol. The SMILES string of the molecule is COc1ccc([C@H]2CN(C(=O)C3CC3)[C@@H]3CCN(Cc4ccccc4OC)C[C@H]23)cc1. The van der Waals surface area contributed by atoms with Crippen LogP contribution in [0.15, 0.2) is 48.5 Å². The second-order valence-corrected chi connectivity index (χ2v) is 9.21. The van der Waals surface area contributed by atoms with Gasteiger partial charge in [0, 0.05) is 55.5 Å². The number of nitrogens with zero attached hydrogens (tertiary/aromatic N) is 2. The molecule has 0 aromatic heterocycles. The molecule has 164 valence electrons. The van der Waals surface area contributed by atoms with Crippen LogP contribution in [0.1, 0.15) is 36.3 Å². The summed E-state index contributed by atoms with van der Waals surface area (Å²) < 4.78 is 10.9. The minimum atomic E-state index is 0.280. The van der Waals surface area contributed by atoms with Gasteiger partial charge in [0.15, 0.2) is 0 Å². The van der Waals surface area contributed by atoms with Gasteiger partial charge in [-0.05, 0) is 43.0 Å². The number of likely N-dealkylation sites (tertiary alicyclic amines) is 2. The predicted octanol–water partition coefficient (Wildman–Crippen LogP) is 3.93. The van der Waals surface area contributed by atoms with E-state index in [1.165, 1.54) is 11.1 Å². The zero-order valence-electron chi connectivity index (χ0n) is 18.5. The fourth-order valence-corrected chi connectivity index (χ4v) is 5.55. The van der Waals surface area contributed by atoms with Crippen molar-refractivity contribution < 1.29 is 14.3 Å². The van der Waals surface area contributed by atoms with E-state index in [0.717, 1.165) is 56.9 Å². The van der Waals surface area contributed by atoms with Crippen LogP contribution >= 0.6 is 0 Å². The summed E-state index contributed by atoms with van der Waals surface area (Å²) in [5, 5.41) is 0. The van der Waals surface area contributed by atoms with Crippen molar-refractivity contribution in [3.8, 4) is 11.5 Å². The minimum absolute atomic E-state index is 0.280. The molecule has 3 fully saturated rings. The van der Waals surface area contributed by atoms with Gasteiger partial charge >= 0.3 is 0 Å². The zero-order valence-corrected chi connectivity index (χ0v) is 18.5. The number of benzene rings is 2. The van der Waals surface area contributed by atoms with Crippen molar-refractivity contribution in [2.24, 2.45) is 11.8 Å². The molecule has 0 unspecified atom stereocenters. The molecule has 0 radical (unpaired) electrons. The number of hydrogen-bond donors (Lipinski definition) is 0. The third kappa shape index (κ3) is 4.03. The first kappa shape index (κ1) is 20.4. The van der Waals surface area contributed by atoms with Crippen LogP contribution in [0, 0.1) is 11.8 Å². The first-order valence-electron chi connectivity index (χ1n) is 11.5. The monoisotopic (exact) mass is 420 g/mol. The van der Waals surface area contributed by atoms with Crippen LogP contribution in [-0.4, -0.2) is 55.6 Å². The van der Waals surface area contributed by atoms with Gasteiger partial charge in [0.25, 0.3) is 0 Å². The van der Waals surface area contributed by atoms with Crippen LogP contribution in [0.4, 0.5) is 0 Å². The smallest absolute Gasteiger partial charge is 0.225 e. The molecule has 2 saturated heterocycles. The van der Waals surface area contributed by atoms with Crippen LogP contribution in [0.25, 0.3) is 0 Å². The fourth-order valence-electron chi connectivity index (χ4n) is 5.55. The molecule has 5 heteroatoms. The molecule has 0 N–H and O–H groups in total. The number of methoxy groups -OCH3 is 2. The maximum absolute atomic E-state index is 13.1. The normalized spacial score (nSPS) is 25.9. The molecule has 0 bridgehead atoms. The average molecular weight is 421 g/mol. The summed E-state index contributed by atoms with van der Waals surface area (Å²) >= 11 is 0. The second kappa shape index (κ2) is 8.54. The highest BCUT2D eigenvalue weighted by Crippen LogP contribution is 2.44. The fraction of sp³-hybridized carbons (Fsp3) is 0.500. The maximum atomic E-state index is 13.1. The molecule has 3 atom stereocenters. The number of carbonyl (C=O) groups excluding carboxylic acids is 1. The molecule has 5 nitrogen and oxygen atoms in total. The molecule has 2 aliphatic heterocycles. The third-order valence-electron chi connectivity index (χ3n) is 7.35. The number of hydrogen-bond acceptors (Lipinski definition) is 4. The lowest BCUT2D eigenvalue weighted by atomic mass is 9.81. The largest absolute Gasteiger partial charge is 0.497 e. The summed E-state index contributed by atoms with van der Waals surface area (Å²) in [7, 11) is 3.44. The first-order chi connectivity index (χ1) is 15.2. The standard InChI is InChI=1S/C26H32N2O3/c1-30-21-11-9-18(10-12-21)22-17-28(26(29)19-7-8-19)24-13-14-27(16-23(22)24)15-20-5-3-4-6-25(20)31-2/h3-6,9-12,19,22-24H,7-8,13-17H2,1-2H3/t22-,23-,24-/m1/s1. The van der Waals surface area contributed by atoms with Gasteiger partial charge < -0.3 is 14.4 Å². The van der Waals surface area contributed by atoms with Crippen molar-refractivity contribution >= 4 is 5.91 Å².